The first-order valence-electron chi connectivity index (χ1n) is 4.87. The van der Waals surface area contributed by atoms with Crippen LogP contribution in [0, 0.1) is 0 Å². The Morgan fingerprint density at radius 2 is 1.45 bits per heavy atom. The van der Waals surface area contributed by atoms with E-state index in [0.29, 0.717) is 0 Å². The molecule has 0 spiro atoms. The molecule has 0 fully saturated rings. The third-order valence-corrected chi connectivity index (χ3v) is 7.43. The van der Waals surface area contributed by atoms with Crippen molar-refractivity contribution in [2.75, 3.05) is 6.17 Å². The van der Waals surface area contributed by atoms with Gasteiger partial charge >= 0.3 is 0 Å². The van der Waals surface area contributed by atoms with Gasteiger partial charge < -0.3 is 5.73 Å². The van der Waals surface area contributed by atoms with E-state index in [0.717, 1.165) is 17.3 Å². The second-order valence-corrected chi connectivity index (χ2v) is 7.75. The zero-order valence-electron chi connectivity index (χ0n) is 8.43. The van der Waals surface area contributed by atoms with Gasteiger partial charge in [0.25, 0.3) is 0 Å². The van der Waals surface area contributed by atoms with E-state index in [-0.39, 0.29) is 0 Å². The monoisotopic (exact) mass is 173 g/mol. The molecule has 0 amide bonds. The van der Waals surface area contributed by atoms with Crippen molar-refractivity contribution in [2.24, 2.45) is 5.73 Å². The molecule has 0 bridgehead atoms. The minimum Gasteiger partial charge on any atom is -0.333 e. The standard InChI is InChI=1S/C9H23NSi/c1-5-8(3)11(7-10)9(4)6-2/h8-9,11H,5-7,10H2,1-4H3. The van der Waals surface area contributed by atoms with Crippen LogP contribution in [-0.4, -0.2) is 15.0 Å². The average molecular weight is 173 g/mol. The predicted molar refractivity (Wildman–Crippen MR) is 55.6 cm³/mol. The lowest BCUT2D eigenvalue weighted by Crippen LogP contribution is -2.33. The van der Waals surface area contributed by atoms with E-state index >= 15 is 0 Å². The lowest BCUT2D eigenvalue weighted by Gasteiger charge is -2.25. The van der Waals surface area contributed by atoms with Crippen LogP contribution in [0.3, 0.4) is 0 Å². The van der Waals surface area contributed by atoms with Crippen LogP contribution in [0.1, 0.15) is 40.5 Å². The largest absolute Gasteiger partial charge is 0.333 e. The zero-order chi connectivity index (χ0) is 8.85. The summed E-state index contributed by atoms with van der Waals surface area (Å²) in [5, 5.41) is 0. The topological polar surface area (TPSA) is 26.0 Å². The summed E-state index contributed by atoms with van der Waals surface area (Å²) in [6.45, 7) is 9.30. The Hall–Kier alpha value is 0.177. The minimum atomic E-state index is -0.623. The van der Waals surface area contributed by atoms with Crippen molar-refractivity contribution < 1.29 is 0 Å². The van der Waals surface area contributed by atoms with Gasteiger partial charge in [-0.2, -0.15) is 0 Å². The lowest BCUT2D eigenvalue weighted by atomic mass is 10.3. The smallest absolute Gasteiger partial charge is 0.0579 e. The van der Waals surface area contributed by atoms with Crippen LogP contribution in [0.15, 0.2) is 0 Å². The van der Waals surface area contributed by atoms with Crippen molar-refractivity contribution in [3.63, 3.8) is 0 Å². The lowest BCUT2D eigenvalue weighted by molar-refractivity contribution is 0.774. The third kappa shape index (κ3) is 3.39. The fourth-order valence-corrected chi connectivity index (χ4v) is 4.89. The van der Waals surface area contributed by atoms with E-state index in [1.165, 1.54) is 12.8 Å². The van der Waals surface area contributed by atoms with Crippen LogP contribution in [0.25, 0.3) is 0 Å². The van der Waals surface area contributed by atoms with Crippen LogP contribution >= 0.6 is 0 Å². The summed E-state index contributed by atoms with van der Waals surface area (Å²) in [5.74, 6) is 0. The molecule has 0 aliphatic rings. The Morgan fingerprint density at radius 3 is 1.64 bits per heavy atom. The Kier molecular flexibility index (Phi) is 5.87. The molecule has 0 aromatic rings. The Labute approximate surface area is 73.0 Å². The molecular weight excluding hydrogens is 150 g/mol. The highest BCUT2D eigenvalue weighted by molar-refractivity contribution is 6.62. The molecule has 1 nitrogen and oxygen atoms in total. The van der Waals surface area contributed by atoms with Crippen LogP contribution in [-0.2, 0) is 0 Å². The summed E-state index contributed by atoms with van der Waals surface area (Å²) < 4.78 is 0. The summed E-state index contributed by atoms with van der Waals surface area (Å²) in [5.41, 5.74) is 7.64. The van der Waals surface area contributed by atoms with Crippen molar-refractivity contribution in [3.8, 4) is 0 Å². The Bertz CT molecular complexity index is 85.6. The van der Waals surface area contributed by atoms with Gasteiger partial charge in [-0.3, -0.25) is 0 Å². The van der Waals surface area contributed by atoms with Crippen LogP contribution in [0.4, 0.5) is 0 Å². The molecule has 0 rings (SSSR count). The first-order chi connectivity index (χ1) is 5.17. The van der Waals surface area contributed by atoms with Crippen molar-refractivity contribution >= 4 is 8.80 Å². The maximum atomic E-state index is 5.79. The van der Waals surface area contributed by atoms with Crippen LogP contribution < -0.4 is 5.73 Å². The quantitative estimate of drug-likeness (QED) is 0.634. The minimum absolute atomic E-state index is 0.623. The van der Waals surface area contributed by atoms with Gasteiger partial charge in [0.2, 0.25) is 0 Å². The maximum absolute atomic E-state index is 5.79. The van der Waals surface area contributed by atoms with E-state index in [4.69, 9.17) is 5.73 Å². The molecule has 0 heterocycles. The summed E-state index contributed by atoms with van der Waals surface area (Å²) >= 11 is 0. The number of nitrogens with two attached hydrogens (primary N) is 1. The van der Waals surface area contributed by atoms with Gasteiger partial charge in [0.05, 0.1) is 8.80 Å². The molecule has 0 aliphatic carbocycles. The van der Waals surface area contributed by atoms with Crippen molar-refractivity contribution in [2.45, 2.75) is 51.6 Å². The zero-order valence-corrected chi connectivity index (χ0v) is 9.59. The fourth-order valence-electron chi connectivity index (χ4n) is 1.63. The molecule has 2 N–H and O–H groups in total. The highest BCUT2D eigenvalue weighted by atomic mass is 28.3. The van der Waals surface area contributed by atoms with Gasteiger partial charge in [-0.1, -0.05) is 40.5 Å². The number of rotatable bonds is 5. The van der Waals surface area contributed by atoms with Gasteiger partial charge in [0, 0.05) is 0 Å². The fraction of sp³-hybridized carbons (Fsp3) is 1.00. The van der Waals surface area contributed by atoms with Crippen molar-refractivity contribution in [1.82, 2.24) is 0 Å². The van der Waals surface area contributed by atoms with Gasteiger partial charge in [-0.05, 0) is 17.3 Å². The van der Waals surface area contributed by atoms with E-state index in [9.17, 15) is 0 Å². The van der Waals surface area contributed by atoms with Gasteiger partial charge in [-0.25, -0.2) is 0 Å². The summed E-state index contributed by atoms with van der Waals surface area (Å²) in [6.07, 6.45) is 3.63. The molecule has 2 unspecified atom stereocenters. The first-order valence-corrected chi connectivity index (χ1v) is 7.02. The molecule has 0 aliphatic heterocycles. The molecule has 0 aromatic heterocycles. The molecule has 0 saturated carbocycles. The summed E-state index contributed by atoms with van der Waals surface area (Å²) in [4.78, 5) is 0. The predicted octanol–water partition coefficient (Wildman–Crippen LogP) is 2.31. The molecule has 2 atom stereocenters. The van der Waals surface area contributed by atoms with Gasteiger partial charge in [0.1, 0.15) is 0 Å². The van der Waals surface area contributed by atoms with E-state index < -0.39 is 8.80 Å². The van der Waals surface area contributed by atoms with E-state index in [2.05, 4.69) is 27.7 Å². The average Bonchev–Trinajstić information content (AvgIpc) is 2.05. The first kappa shape index (κ1) is 11.2. The summed E-state index contributed by atoms with van der Waals surface area (Å²) in [6, 6.07) is 0. The van der Waals surface area contributed by atoms with Gasteiger partial charge in [-0.15, -0.1) is 0 Å². The van der Waals surface area contributed by atoms with Gasteiger partial charge in [0.15, 0.2) is 0 Å². The third-order valence-electron chi connectivity index (χ3n) is 3.02. The second kappa shape index (κ2) is 5.78. The maximum Gasteiger partial charge on any atom is 0.0579 e. The van der Waals surface area contributed by atoms with Crippen molar-refractivity contribution in [1.29, 1.82) is 0 Å². The number of hydrogen-bond acceptors (Lipinski definition) is 1. The molecule has 0 saturated heterocycles. The molecule has 0 aromatic carbocycles. The SMILES string of the molecule is CCC(C)[SiH](CN)C(C)CC. The molecular formula is C9H23NSi. The molecule has 68 valence electrons. The van der Waals surface area contributed by atoms with E-state index in [1.54, 1.807) is 0 Å². The molecule has 11 heavy (non-hydrogen) atoms. The molecule has 2 heteroatoms. The summed E-state index contributed by atoms with van der Waals surface area (Å²) in [7, 11) is -0.623. The van der Waals surface area contributed by atoms with E-state index in [1.807, 2.05) is 0 Å². The van der Waals surface area contributed by atoms with Crippen LogP contribution in [0.2, 0.25) is 11.1 Å². The highest BCUT2D eigenvalue weighted by Gasteiger charge is 2.20. The second-order valence-electron chi connectivity index (χ2n) is 3.67. The normalized spacial score (nSPS) is 19.4. The van der Waals surface area contributed by atoms with Crippen molar-refractivity contribution in [3.05, 3.63) is 0 Å². The Balaban J connectivity index is 3.92. The molecule has 0 radical (unpaired) electrons. The highest BCUT2D eigenvalue weighted by Crippen LogP contribution is 2.25. The van der Waals surface area contributed by atoms with Crippen LogP contribution in [0.5, 0.6) is 0 Å². The Morgan fingerprint density at radius 1 is 1.09 bits per heavy atom. The number of hydrogen-bond donors (Lipinski definition) is 1.